The highest BCUT2D eigenvalue weighted by atomic mass is 19.4. The number of hydrogen-bond donors (Lipinski definition) is 0. The second kappa shape index (κ2) is 5.42. The Morgan fingerprint density at radius 3 is 2.30 bits per heavy atom. The first-order valence-corrected chi connectivity index (χ1v) is 6.60. The number of hydrogen-bond acceptors (Lipinski definition) is 2. The lowest BCUT2D eigenvalue weighted by Gasteiger charge is -2.35. The van der Waals surface area contributed by atoms with Crippen molar-refractivity contribution in [1.82, 2.24) is 9.88 Å². The molecule has 0 spiro atoms. The number of halogens is 3. The van der Waals surface area contributed by atoms with Crippen molar-refractivity contribution in [2.45, 2.75) is 26.4 Å². The zero-order valence-electron chi connectivity index (χ0n) is 11.4. The Labute approximate surface area is 115 Å². The van der Waals surface area contributed by atoms with E-state index >= 15 is 0 Å². The molecule has 0 aliphatic carbocycles. The van der Waals surface area contributed by atoms with Gasteiger partial charge >= 0.3 is 6.18 Å². The smallest absolute Gasteiger partial charge is 0.338 e. The highest BCUT2D eigenvalue weighted by Gasteiger charge is 2.33. The van der Waals surface area contributed by atoms with Crippen molar-refractivity contribution >= 4 is 5.91 Å². The van der Waals surface area contributed by atoms with Crippen LogP contribution in [0.5, 0.6) is 0 Å². The van der Waals surface area contributed by atoms with Gasteiger partial charge in [-0.3, -0.25) is 9.78 Å². The van der Waals surface area contributed by atoms with E-state index in [1.165, 1.54) is 6.07 Å². The summed E-state index contributed by atoms with van der Waals surface area (Å²) in [4.78, 5) is 17.3. The molecule has 0 saturated carbocycles. The summed E-state index contributed by atoms with van der Waals surface area (Å²) in [5.74, 6) is 0.569. The third kappa shape index (κ3) is 3.29. The maximum Gasteiger partial charge on any atom is 0.433 e. The molecule has 1 aliphatic heterocycles. The van der Waals surface area contributed by atoms with Gasteiger partial charge in [-0.1, -0.05) is 13.8 Å². The quantitative estimate of drug-likeness (QED) is 0.794. The second-order valence-electron chi connectivity index (χ2n) is 5.59. The molecule has 0 N–H and O–H groups in total. The highest BCUT2D eigenvalue weighted by Crippen LogP contribution is 2.28. The minimum atomic E-state index is -4.48. The minimum Gasteiger partial charge on any atom is -0.338 e. The van der Waals surface area contributed by atoms with E-state index in [0.29, 0.717) is 24.9 Å². The summed E-state index contributed by atoms with van der Waals surface area (Å²) in [6, 6.07) is 2.05. The van der Waals surface area contributed by atoms with E-state index in [1.54, 1.807) is 4.90 Å². The molecule has 0 radical (unpaired) electrons. The fraction of sp³-hybridized carbons (Fsp3) is 0.571. The summed E-state index contributed by atoms with van der Waals surface area (Å²) in [7, 11) is 0. The van der Waals surface area contributed by atoms with Gasteiger partial charge in [0.1, 0.15) is 5.69 Å². The topological polar surface area (TPSA) is 33.2 Å². The third-order valence-electron chi connectivity index (χ3n) is 3.46. The summed E-state index contributed by atoms with van der Waals surface area (Å²) >= 11 is 0. The maximum atomic E-state index is 12.4. The van der Waals surface area contributed by atoms with E-state index in [-0.39, 0.29) is 11.5 Å². The number of alkyl halides is 3. The Balaban J connectivity index is 2.13. The van der Waals surface area contributed by atoms with Gasteiger partial charge in [0.25, 0.3) is 5.91 Å². The zero-order chi connectivity index (χ0) is 14.9. The van der Waals surface area contributed by atoms with Gasteiger partial charge in [-0.15, -0.1) is 0 Å². The van der Waals surface area contributed by atoms with Crippen LogP contribution >= 0.6 is 0 Å². The zero-order valence-corrected chi connectivity index (χ0v) is 11.4. The summed E-state index contributed by atoms with van der Waals surface area (Å²) in [6.45, 7) is 5.43. The van der Waals surface area contributed by atoms with Crippen molar-refractivity contribution in [2.24, 2.45) is 11.8 Å². The average Bonchev–Trinajstić information content (AvgIpc) is 2.36. The molecule has 0 bridgehead atoms. The first kappa shape index (κ1) is 14.8. The largest absolute Gasteiger partial charge is 0.433 e. The highest BCUT2D eigenvalue weighted by molar-refractivity contribution is 5.94. The first-order chi connectivity index (χ1) is 9.27. The average molecular weight is 286 g/mol. The molecule has 1 saturated heterocycles. The molecule has 1 aromatic rings. The van der Waals surface area contributed by atoms with E-state index in [1.807, 2.05) is 0 Å². The maximum absolute atomic E-state index is 12.4. The van der Waals surface area contributed by atoms with Crippen LogP contribution in [-0.4, -0.2) is 28.9 Å². The number of carbonyl (C=O) groups excluding carboxylic acids is 1. The van der Waals surface area contributed by atoms with Gasteiger partial charge < -0.3 is 4.90 Å². The Morgan fingerprint density at radius 1 is 1.25 bits per heavy atom. The lowest BCUT2D eigenvalue weighted by molar-refractivity contribution is -0.141. The number of rotatable bonds is 1. The molecule has 110 valence electrons. The standard InChI is InChI=1S/C14H17F3N2O/c1-9-5-10(2)8-19(7-9)13(20)11-3-4-12(18-6-11)14(15,16)17/h3-4,6,9-10H,5,7-8H2,1-2H3/t9-,10-/m0/s1. The Bertz CT molecular complexity index is 474. The van der Waals surface area contributed by atoms with Gasteiger partial charge in [-0.05, 0) is 30.4 Å². The van der Waals surface area contributed by atoms with Gasteiger partial charge in [0, 0.05) is 19.3 Å². The molecule has 20 heavy (non-hydrogen) atoms. The molecule has 3 nitrogen and oxygen atoms in total. The molecular weight excluding hydrogens is 269 g/mol. The fourth-order valence-electron chi connectivity index (χ4n) is 2.70. The van der Waals surface area contributed by atoms with Crippen molar-refractivity contribution in [2.75, 3.05) is 13.1 Å². The molecule has 1 aliphatic rings. The van der Waals surface area contributed by atoms with Crippen LogP contribution in [0.4, 0.5) is 13.2 Å². The van der Waals surface area contributed by atoms with Crippen molar-refractivity contribution in [3.8, 4) is 0 Å². The number of likely N-dealkylation sites (tertiary alicyclic amines) is 1. The number of pyridine rings is 1. The van der Waals surface area contributed by atoms with Gasteiger partial charge in [0.15, 0.2) is 0 Å². The number of carbonyl (C=O) groups is 1. The fourth-order valence-corrected chi connectivity index (χ4v) is 2.70. The summed E-state index contributed by atoms with van der Waals surface area (Å²) in [5.41, 5.74) is -0.770. The van der Waals surface area contributed by atoms with Crippen LogP contribution in [-0.2, 0) is 6.18 Å². The molecule has 1 fully saturated rings. The van der Waals surface area contributed by atoms with Crippen molar-refractivity contribution in [3.05, 3.63) is 29.6 Å². The molecule has 1 aromatic heterocycles. The lowest BCUT2D eigenvalue weighted by atomic mass is 9.91. The van der Waals surface area contributed by atoms with Crippen molar-refractivity contribution < 1.29 is 18.0 Å². The van der Waals surface area contributed by atoms with E-state index in [9.17, 15) is 18.0 Å². The van der Waals surface area contributed by atoms with E-state index in [4.69, 9.17) is 0 Å². The Kier molecular flexibility index (Phi) is 4.01. The molecule has 0 unspecified atom stereocenters. The van der Waals surface area contributed by atoms with E-state index in [2.05, 4.69) is 18.8 Å². The molecule has 2 rings (SSSR count). The Hall–Kier alpha value is -1.59. The Morgan fingerprint density at radius 2 is 1.85 bits per heavy atom. The predicted octanol–water partition coefficient (Wildman–Crippen LogP) is 3.22. The molecule has 2 atom stereocenters. The van der Waals surface area contributed by atoms with Gasteiger partial charge in [0.05, 0.1) is 5.56 Å². The van der Waals surface area contributed by atoms with Gasteiger partial charge in [0.2, 0.25) is 0 Å². The molecule has 2 heterocycles. The van der Waals surface area contributed by atoms with Crippen molar-refractivity contribution in [3.63, 3.8) is 0 Å². The minimum absolute atomic E-state index is 0.208. The van der Waals surface area contributed by atoms with Crippen molar-refractivity contribution in [1.29, 1.82) is 0 Å². The van der Waals surface area contributed by atoms with Crippen LogP contribution in [0.1, 0.15) is 36.3 Å². The number of amides is 1. The number of piperidine rings is 1. The van der Waals surface area contributed by atoms with Crippen LogP contribution in [0.25, 0.3) is 0 Å². The first-order valence-electron chi connectivity index (χ1n) is 6.60. The summed E-state index contributed by atoms with van der Waals surface area (Å²) in [5, 5.41) is 0. The monoisotopic (exact) mass is 286 g/mol. The molecule has 6 heteroatoms. The van der Waals surface area contributed by atoms with Gasteiger partial charge in [-0.2, -0.15) is 13.2 Å². The van der Waals surface area contributed by atoms with Crippen LogP contribution in [0.15, 0.2) is 18.3 Å². The SMILES string of the molecule is C[C@H]1C[C@H](C)CN(C(=O)c2ccc(C(F)(F)F)nc2)C1. The van der Waals surface area contributed by atoms with E-state index < -0.39 is 11.9 Å². The van der Waals surface area contributed by atoms with E-state index in [0.717, 1.165) is 18.7 Å². The predicted molar refractivity (Wildman–Crippen MR) is 68.1 cm³/mol. The van der Waals surface area contributed by atoms with Crippen LogP contribution in [0, 0.1) is 11.8 Å². The second-order valence-corrected chi connectivity index (χ2v) is 5.59. The molecule has 0 aromatic carbocycles. The normalized spacial score (nSPS) is 23.8. The van der Waals surface area contributed by atoms with Crippen LogP contribution in [0.2, 0.25) is 0 Å². The van der Waals surface area contributed by atoms with Gasteiger partial charge in [-0.25, -0.2) is 0 Å². The number of nitrogens with zero attached hydrogens (tertiary/aromatic N) is 2. The summed E-state index contributed by atoms with van der Waals surface area (Å²) in [6.07, 6.45) is -2.40. The third-order valence-corrected chi connectivity index (χ3v) is 3.46. The number of aromatic nitrogens is 1. The summed E-state index contributed by atoms with van der Waals surface area (Å²) < 4.78 is 37.3. The lowest BCUT2D eigenvalue weighted by Crippen LogP contribution is -2.42. The van der Waals surface area contributed by atoms with Crippen LogP contribution in [0.3, 0.4) is 0 Å². The molecular formula is C14H17F3N2O. The molecule has 1 amide bonds. The van der Waals surface area contributed by atoms with Crippen LogP contribution < -0.4 is 0 Å².